The van der Waals surface area contributed by atoms with Gasteiger partial charge in [-0.3, -0.25) is 4.79 Å². The molecule has 23 heavy (non-hydrogen) atoms. The third-order valence-corrected chi connectivity index (χ3v) is 3.95. The van der Waals surface area contributed by atoms with Crippen LogP contribution < -0.4 is 15.8 Å². The van der Waals surface area contributed by atoms with Crippen molar-refractivity contribution in [2.24, 2.45) is 5.73 Å². The van der Waals surface area contributed by atoms with Crippen LogP contribution in [0.1, 0.15) is 36.1 Å². The minimum atomic E-state index is -0.655. The topological polar surface area (TPSA) is 64.4 Å². The lowest BCUT2D eigenvalue weighted by atomic mass is 10.0. The molecule has 4 nitrogen and oxygen atoms in total. The van der Waals surface area contributed by atoms with E-state index in [9.17, 15) is 4.79 Å². The lowest BCUT2D eigenvalue weighted by Crippen LogP contribution is -2.36. The Labute approximate surface area is 142 Å². The first-order valence-electron chi connectivity index (χ1n) is 7.58. The lowest BCUT2D eigenvalue weighted by molar-refractivity contribution is -0.123. The van der Waals surface area contributed by atoms with Gasteiger partial charge >= 0.3 is 0 Å². The molecule has 3 N–H and O–H groups in total. The zero-order chi connectivity index (χ0) is 15.4. The standard InChI is InChI=1S/C18H20N2O2.ClH/c19-17(13-7-2-1-3-8-13)18(21)20-15-10-6-12-22-16-11-5-4-9-14(15)16;/h1-5,7-9,11,15,17H,6,10,12,19H2,(H,20,21);1H. The van der Waals surface area contributed by atoms with Crippen molar-refractivity contribution in [2.75, 3.05) is 6.61 Å². The summed E-state index contributed by atoms with van der Waals surface area (Å²) in [6.45, 7) is 0.675. The number of carbonyl (C=O) groups excluding carboxylic acids is 1. The maximum Gasteiger partial charge on any atom is 0.241 e. The molecule has 0 spiro atoms. The van der Waals surface area contributed by atoms with Crippen molar-refractivity contribution >= 4 is 18.3 Å². The maximum absolute atomic E-state index is 12.5. The number of benzene rings is 2. The van der Waals surface area contributed by atoms with Gasteiger partial charge in [0.1, 0.15) is 11.8 Å². The molecular formula is C18H21ClN2O2. The fourth-order valence-corrected chi connectivity index (χ4v) is 2.75. The summed E-state index contributed by atoms with van der Waals surface area (Å²) in [5, 5.41) is 3.07. The van der Waals surface area contributed by atoms with Crippen LogP contribution >= 0.6 is 12.4 Å². The summed E-state index contributed by atoms with van der Waals surface area (Å²) in [5.41, 5.74) is 7.91. The number of halogens is 1. The molecule has 1 amide bonds. The van der Waals surface area contributed by atoms with Gasteiger partial charge < -0.3 is 15.8 Å². The molecule has 0 radical (unpaired) electrons. The van der Waals surface area contributed by atoms with E-state index in [4.69, 9.17) is 10.5 Å². The predicted molar refractivity (Wildman–Crippen MR) is 92.7 cm³/mol. The molecule has 1 heterocycles. The monoisotopic (exact) mass is 332 g/mol. The summed E-state index contributed by atoms with van der Waals surface area (Å²) in [5.74, 6) is 0.687. The van der Waals surface area contributed by atoms with E-state index in [-0.39, 0.29) is 24.4 Å². The largest absolute Gasteiger partial charge is 0.493 e. The number of fused-ring (bicyclic) bond motifs is 1. The van der Waals surface area contributed by atoms with E-state index in [1.165, 1.54) is 0 Å². The summed E-state index contributed by atoms with van der Waals surface area (Å²) in [4.78, 5) is 12.5. The van der Waals surface area contributed by atoms with Crippen molar-refractivity contribution in [3.05, 3.63) is 65.7 Å². The quantitative estimate of drug-likeness (QED) is 0.907. The highest BCUT2D eigenvalue weighted by molar-refractivity contribution is 5.85. The lowest BCUT2D eigenvalue weighted by Gasteiger charge is -2.21. The minimum Gasteiger partial charge on any atom is -0.493 e. The van der Waals surface area contributed by atoms with Gasteiger partial charge in [-0.15, -0.1) is 12.4 Å². The molecule has 122 valence electrons. The van der Waals surface area contributed by atoms with Crippen LogP contribution in [0.2, 0.25) is 0 Å². The molecule has 0 saturated heterocycles. The Morgan fingerprint density at radius 1 is 1.13 bits per heavy atom. The van der Waals surface area contributed by atoms with Gasteiger partial charge in [-0.05, 0) is 24.5 Å². The molecule has 0 fully saturated rings. The number of hydrogen-bond donors (Lipinski definition) is 2. The molecule has 5 heteroatoms. The second-order valence-corrected chi connectivity index (χ2v) is 5.48. The molecule has 0 saturated carbocycles. The Hall–Kier alpha value is -2.04. The number of carbonyl (C=O) groups is 1. The van der Waals surface area contributed by atoms with Crippen molar-refractivity contribution in [2.45, 2.75) is 24.9 Å². The van der Waals surface area contributed by atoms with Gasteiger partial charge in [0.05, 0.1) is 12.6 Å². The zero-order valence-corrected chi connectivity index (χ0v) is 13.6. The van der Waals surface area contributed by atoms with E-state index in [1.54, 1.807) is 0 Å². The number of nitrogens with two attached hydrogens (primary N) is 1. The summed E-state index contributed by atoms with van der Waals surface area (Å²) in [6, 6.07) is 16.6. The van der Waals surface area contributed by atoms with Crippen LogP contribution in [0, 0.1) is 0 Å². The number of amides is 1. The third-order valence-electron chi connectivity index (χ3n) is 3.95. The SMILES string of the molecule is Cl.NC(C(=O)NC1CCCOc2ccccc21)c1ccccc1. The van der Waals surface area contributed by atoms with Crippen LogP contribution in [0.5, 0.6) is 5.75 Å². The summed E-state index contributed by atoms with van der Waals surface area (Å²) < 4.78 is 5.72. The first-order valence-corrected chi connectivity index (χ1v) is 7.58. The number of para-hydroxylation sites is 1. The Balaban J connectivity index is 0.00000192. The molecule has 2 aromatic rings. The van der Waals surface area contributed by atoms with Crippen LogP contribution in [-0.4, -0.2) is 12.5 Å². The van der Waals surface area contributed by atoms with E-state index >= 15 is 0 Å². The summed E-state index contributed by atoms with van der Waals surface area (Å²) >= 11 is 0. The van der Waals surface area contributed by atoms with Crippen LogP contribution in [0.15, 0.2) is 54.6 Å². The average Bonchev–Trinajstić information content (AvgIpc) is 2.77. The molecule has 2 atom stereocenters. The Morgan fingerprint density at radius 3 is 2.61 bits per heavy atom. The van der Waals surface area contributed by atoms with E-state index in [0.717, 1.165) is 29.7 Å². The predicted octanol–water partition coefficient (Wildman–Crippen LogP) is 3.14. The van der Waals surface area contributed by atoms with Crippen molar-refractivity contribution in [1.82, 2.24) is 5.32 Å². The molecule has 0 bridgehead atoms. The van der Waals surface area contributed by atoms with Gasteiger partial charge in [-0.1, -0.05) is 48.5 Å². The number of hydrogen-bond acceptors (Lipinski definition) is 3. The molecule has 2 aromatic carbocycles. The smallest absolute Gasteiger partial charge is 0.241 e. The fourth-order valence-electron chi connectivity index (χ4n) is 2.75. The second kappa shape index (κ2) is 7.99. The first kappa shape index (κ1) is 17.3. The molecule has 0 aliphatic carbocycles. The minimum absolute atomic E-state index is 0. The molecular weight excluding hydrogens is 312 g/mol. The van der Waals surface area contributed by atoms with Crippen molar-refractivity contribution in [3.8, 4) is 5.75 Å². The Kier molecular flexibility index (Phi) is 6.02. The molecule has 0 aromatic heterocycles. The number of nitrogens with one attached hydrogen (secondary N) is 1. The van der Waals surface area contributed by atoms with E-state index in [1.807, 2.05) is 54.6 Å². The van der Waals surface area contributed by atoms with Crippen LogP contribution in [0.3, 0.4) is 0 Å². The molecule has 2 unspecified atom stereocenters. The normalized spacial score (nSPS) is 17.7. The third kappa shape index (κ3) is 4.03. The van der Waals surface area contributed by atoms with E-state index in [0.29, 0.717) is 6.61 Å². The first-order chi connectivity index (χ1) is 10.8. The van der Waals surface area contributed by atoms with Gasteiger partial charge in [0.25, 0.3) is 0 Å². The Bertz CT molecular complexity index is 648. The van der Waals surface area contributed by atoms with Gasteiger partial charge in [0.15, 0.2) is 0 Å². The second-order valence-electron chi connectivity index (χ2n) is 5.48. The van der Waals surface area contributed by atoms with Gasteiger partial charge in [-0.2, -0.15) is 0 Å². The molecule has 1 aliphatic rings. The highest BCUT2D eigenvalue weighted by Gasteiger charge is 2.24. The highest BCUT2D eigenvalue weighted by Crippen LogP contribution is 2.31. The average molecular weight is 333 g/mol. The van der Waals surface area contributed by atoms with Crippen molar-refractivity contribution < 1.29 is 9.53 Å². The van der Waals surface area contributed by atoms with Crippen LogP contribution in [-0.2, 0) is 4.79 Å². The van der Waals surface area contributed by atoms with Crippen LogP contribution in [0.25, 0.3) is 0 Å². The summed E-state index contributed by atoms with van der Waals surface area (Å²) in [6.07, 6.45) is 1.75. The molecule has 3 rings (SSSR count). The number of rotatable bonds is 3. The van der Waals surface area contributed by atoms with E-state index in [2.05, 4.69) is 5.32 Å². The maximum atomic E-state index is 12.5. The van der Waals surface area contributed by atoms with Crippen molar-refractivity contribution in [1.29, 1.82) is 0 Å². The van der Waals surface area contributed by atoms with Crippen LogP contribution in [0.4, 0.5) is 0 Å². The summed E-state index contributed by atoms with van der Waals surface area (Å²) in [7, 11) is 0. The van der Waals surface area contributed by atoms with Gasteiger partial charge in [-0.25, -0.2) is 0 Å². The number of ether oxygens (including phenoxy) is 1. The fraction of sp³-hybridized carbons (Fsp3) is 0.278. The van der Waals surface area contributed by atoms with Gasteiger partial charge in [0.2, 0.25) is 5.91 Å². The zero-order valence-electron chi connectivity index (χ0n) is 12.8. The Morgan fingerprint density at radius 2 is 1.83 bits per heavy atom. The van der Waals surface area contributed by atoms with E-state index < -0.39 is 6.04 Å². The van der Waals surface area contributed by atoms with Gasteiger partial charge in [0, 0.05) is 5.56 Å². The highest BCUT2D eigenvalue weighted by atomic mass is 35.5. The molecule has 1 aliphatic heterocycles. The van der Waals surface area contributed by atoms with Crippen molar-refractivity contribution in [3.63, 3.8) is 0 Å².